The van der Waals surface area contributed by atoms with Gasteiger partial charge in [-0.2, -0.15) is 5.10 Å². The molecule has 0 aliphatic rings. The van der Waals surface area contributed by atoms with Gasteiger partial charge in [0.05, 0.1) is 17.1 Å². The Kier molecular flexibility index (Phi) is 6.56. The van der Waals surface area contributed by atoms with Crippen LogP contribution in [0.15, 0.2) is 24.3 Å². The smallest absolute Gasteiger partial charge is 0.329 e. The Hall–Kier alpha value is -3.16. The minimum atomic E-state index is -1.02. The Morgan fingerprint density at radius 2 is 1.82 bits per heavy atom. The van der Waals surface area contributed by atoms with Gasteiger partial charge in [-0.25, -0.2) is 4.79 Å². The molecule has 0 fully saturated rings. The quantitative estimate of drug-likeness (QED) is 0.740. The number of nitrogens with zero attached hydrogens (tertiary/aromatic N) is 2. The summed E-state index contributed by atoms with van der Waals surface area (Å²) in [6.45, 7) is 8.47. The lowest BCUT2D eigenvalue weighted by Gasteiger charge is -2.18. The van der Waals surface area contributed by atoms with E-state index in [2.05, 4.69) is 15.7 Å². The molecule has 0 aliphatic heterocycles. The van der Waals surface area contributed by atoms with Gasteiger partial charge in [0.25, 0.3) is 11.8 Å². The number of esters is 1. The van der Waals surface area contributed by atoms with Crippen molar-refractivity contribution in [3.05, 3.63) is 46.8 Å². The lowest BCUT2D eigenvalue weighted by atomic mass is 10.1. The number of amides is 2. The van der Waals surface area contributed by atoms with Crippen molar-refractivity contribution in [3.63, 3.8) is 0 Å². The number of aromatic nitrogens is 2. The second-order valence-corrected chi connectivity index (χ2v) is 6.80. The number of carbonyl (C=O) groups excluding carboxylic acids is 3. The number of ether oxygens (including phenoxy) is 1. The third-order valence-electron chi connectivity index (χ3n) is 4.40. The van der Waals surface area contributed by atoms with Gasteiger partial charge in [0.15, 0.2) is 6.10 Å². The van der Waals surface area contributed by atoms with Gasteiger partial charge in [0, 0.05) is 12.6 Å². The molecule has 0 saturated carbocycles. The number of nitrogens with one attached hydrogen (secondary N) is 2. The summed E-state index contributed by atoms with van der Waals surface area (Å²) in [4.78, 5) is 36.8. The van der Waals surface area contributed by atoms with E-state index in [-0.39, 0.29) is 5.91 Å². The molecule has 8 heteroatoms. The molecule has 2 rings (SSSR count). The predicted octanol–water partition coefficient (Wildman–Crippen LogP) is 2.03. The van der Waals surface area contributed by atoms with Gasteiger partial charge < -0.3 is 15.4 Å². The number of anilines is 1. The van der Waals surface area contributed by atoms with E-state index >= 15 is 0 Å². The van der Waals surface area contributed by atoms with Crippen molar-refractivity contribution in [3.8, 4) is 0 Å². The van der Waals surface area contributed by atoms with Crippen LogP contribution >= 0.6 is 0 Å². The van der Waals surface area contributed by atoms with E-state index in [1.165, 1.54) is 13.8 Å². The number of rotatable bonds is 6. The second-order valence-electron chi connectivity index (χ2n) is 6.80. The largest absolute Gasteiger partial charge is 0.451 e. The van der Waals surface area contributed by atoms with E-state index in [1.54, 1.807) is 36.9 Å². The molecular weight excluding hydrogens is 360 g/mol. The van der Waals surface area contributed by atoms with Gasteiger partial charge in [-0.3, -0.25) is 14.3 Å². The van der Waals surface area contributed by atoms with Crippen molar-refractivity contribution in [2.45, 2.75) is 46.8 Å². The zero-order valence-electron chi connectivity index (χ0n) is 17.0. The highest BCUT2D eigenvalue weighted by molar-refractivity contribution is 5.98. The average molecular weight is 386 g/mol. The van der Waals surface area contributed by atoms with Crippen molar-refractivity contribution in [1.29, 1.82) is 0 Å². The third-order valence-corrected chi connectivity index (χ3v) is 4.40. The monoisotopic (exact) mass is 386 g/mol. The summed E-state index contributed by atoms with van der Waals surface area (Å²) in [5.41, 5.74) is 3.45. The minimum Gasteiger partial charge on any atom is -0.451 e. The number of aryl methyl sites for hydroxylation is 3. The van der Waals surface area contributed by atoms with Crippen molar-refractivity contribution in [1.82, 2.24) is 15.1 Å². The maximum Gasteiger partial charge on any atom is 0.329 e. The van der Waals surface area contributed by atoms with E-state index in [9.17, 15) is 14.4 Å². The number of hydrogen-bond acceptors (Lipinski definition) is 5. The third kappa shape index (κ3) is 4.97. The molecule has 2 N–H and O–H groups in total. The number of hydrogen-bond donors (Lipinski definition) is 2. The van der Waals surface area contributed by atoms with Crippen molar-refractivity contribution in [2.24, 2.45) is 7.05 Å². The Labute approximate surface area is 164 Å². The highest BCUT2D eigenvalue weighted by atomic mass is 16.5. The van der Waals surface area contributed by atoms with E-state index < -0.39 is 24.0 Å². The maximum absolute atomic E-state index is 12.4. The second kappa shape index (κ2) is 8.69. The van der Waals surface area contributed by atoms with Crippen LogP contribution in [0.25, 0.3) is 0 Å². The molecule has 0 spiro atoms. The SMILES string of the molecule is Cc1cccc(C(=O)N[C@@H](C)C(=O)O[C@H](C)C(=O)Nc2c(C)nn(C)c2C)c1. The number of benzene rings is 1. The zero-order chi connectivity index (χ0) is 21.0. The van der Waals surface area contributed by atoms with Crippen LogP contribution in [-0.4, -0.2) is 39.7 Å². The van der Waals surface area contributed by atoms with Crippen LogP contribution in [0.3, 0.4) is 0 Å². The van der Waals surface area contributed by atoms with E-state index in [4.69, 9.17) is 4.74 Å². The molecule has 2 atom stereocenters. The van der Waals surface area contributed by atoms with Crippen LogP contribution in [0.5, 0.6) is 0 Å². The first kappa shape index (κ1) is 21.1. The Bertz CT molecular complexity index is 904. The standard InChI is InChI=1S/C20H26N4O4/c1-11-8-7-9-16(10-11)19(26)21-13(3)20(27)28-15(5)18(25)22-17-12(2)23-24(6)14(17)4/h7-10,13,15H,1-6H3,(H,21,26)(H,22,25)/t13-,15+/m0/s1. The van der Waals surface area contributed by atoms with Crippen molar-refractivity contribution in [2.75, 3.05) is 5.32 Å². The Balaban J connectivity index is 1.93. The first-order valence-electron chi connectivity index (χ1n) is 8.99. The van der Waals surface area contributed by atoms with Crippen LogP contribution in [0.2, 0.25) is 0 Å². The molecule has 28 heavy (non-hydrogen) atoms. The summed E-state index contributed by atoms with van der Waals surface area (Å²) in [6.07, 6.45) is -1.02. The van der Waals surface area contributed by atoms with E-state index in [0.29, 0.717) is 16.9 Å². The Morgan fingerprint density at radius 3 is 2.39 bits per heavy atom. The number of carbonyl (C=O) groups is 3. The topological polar surface area (TPSA) is 102 Å². The fourth-order valence-electron chi connectivity index (χ4n) is 2.63. The van der Waals surface area contributed by atoms with E-state index in [1.807, 2.05) is 19.9 Å². The van der Waals surface area contributed by atoms with Crippen molar-refractivity contribution < 1.29 is 19.1 Å². The summed E-state index contributed by atoms with van der Waals surface area (Å²) in [5.74, 6) is -1.54. The van der Waals surface area contributed by atoms with Crippen LogP contribution in [0.1, 0.15) is 41.2 Å². The molecule has 8 nitrogen and oxygen atoms in total. The summed E-state index contributed by atoms with van der Waals surface area (Å²) in [6, 6.07) is 6.13. The molecule has 1 aromatic heterocycles. The van der Waals surface area contributed by atoms with Gasteiger partial charge in [0.1, 0.15) is 6.04 Å². The predicted molar refractivity (Wildman–Crippen MR) is 105 cm³/mol. The van der Waals surface area contributed by atoms with Gasteiger partial charge in [-0.15, -0.1) is 0 Å². The first-order chi connectivity index (χ1) is 13.1. The molecule has 0 aliphatic carbocycles. The van der Waals surface area contributed by atoms with Gasteiger partial charge in [0.2, 0.25) is 0 Å². The molecule has 0 radical (unpaired) electrons. The zero-order valence-corrected chi connectivity index (χ0v) is 17.0. The molecule has 2 amide bonds. The van der Waals surface area contributed by atoms with Gasteiger partial charge >= 0.3 is 5.97 Å². The van der Waals surface area contributed by atoms with Gasteiger partial charge in [-0.05, 0) is 46.8 Å². The lowest BCUT2D eigenvalue weighted by molar-refractivity contribution is -0.154. The normalized spacial score (nSPS) is 12.8. The highest BCUT2D eigenvalue weighted by Crippen LogP contribution is 2.18. The van der Waals surface area contributed by atoms with Crippen LogP contribution in [0, 0.1) is 20.8 Å². The lowest BCUT2D eigenvalue weighted by Crippen LogP contribution is -2.42. The van der Waals surface area contributed by atoms with Crippen LogP contribution in [0.4, 0.5) is 5.69 Å². The van der Waals surface area contributed by atoms with Crippen LogP contribution in [-0.2, 0) is 21.4 Å². The molecule has 150 valence electrons. The molecule has 1 heterocycles. The molecule has 0 bridgehead atoms. The molecule has 2 aromatic rings. The Morgan fingerprint density at radius 1 is 1.14 bits per heavy atom. The molecule has 1 aromatic carbocycles. The summed E-state index contributed by atoms with van der Waals surface area (Å²) in [7, 11) is 1.78. The average Bonchev–Trinajstić information content (AvgIpc) is 2.87. The highest BCUT2D eigenvalue weighted by Gasteiger charge is 2.25. The molecule has 0 saturated heterocycles. The summed E-state index contributed by atoms with van der Waals surface area (Å²) in [5, 5.41) is 9.54. The fourth-order valence-corrected chi connectivity index (χ4v) is 2.63. The fraction of sp³-hybridized carbons (Fsp3) is 0.400. The maximum atomic E-state index is 12.4. The summed E-state index contributed by atoms with van der Waals surface area (Å²) >= 11 is 0. The van der Waals surface area contributed by atoms with E-state index in [0.717, 1.165) is 11.3 Å². The molecular formula is C20H26N4O4. The van der Waals surface area contributed by atoms with Gasteiger partial charge in [-0.1, -0.05) is 17.7 Å². The van der Waals surface area contributed by atoms with Crippen molar-refractivity contribution >= 4 is 23.5 Å². The summed E-state index contributed by atoms with van der Waals surface area (Å²) < 4.78 is 6.86. The van der Waals surface area contributed by atoms with Crippen LogP contribution < -0.4 is 10.6 Å². The first-order valence-corrected chi connectivity index (χ1v) is 8.99. The minimum absolute atomic E-state index is 0.383. The molecule has 0 unspecified atom stereocenters.